The smallest absolute Gasteiger partial charge is 0.269 e. The van der Waals surface area contributed by atoms with E-state index in [1.165, 1.54) is 32.1 Å². The van der Waals surface area contributed by atoms with Crippen LogP contribution >= 0.6 is 24.2 Å². The van der Waals surface area contributed by atoms with Gasteiger partial charge in [-0.3, -0.25) is 10.1 Å². The lowest BCUT2D eigenvalue weighted by molar-refractivity contribution is -0.384. The molecule has 0 radical (unpaired) electrons. The number of hydrogen-bond acceptors (Lipinski definition) is 4. The van der Waals surface area contributed by atoms with Crippen LogP contribution in [0.2, 0.25) is 0 Å². The van der Waals surface area contributed by atoms with Crippen LogP contribution in [0.15, 0.2) is 23.2 Å². The van der Waals surface area contributed by atoms with Crippen molar-refractivity contribution >= 4 is 40.7 Å². The van der Waals surface area contributed by atoms with E-state index in [4.69, 9.17) is 4.99 Å². The van der Waals surface area contributed by atoms with E-state index in [1.807, 2.05) is 18.7 Å². The Labute approximate surface area is 172 Å². The van der Waals surface area contributed by atoms with Crippen molar-refractivity contribution in [3.63, 3.8) is 0 Å². The lowest BCUT2D eigenvalue weighted by atomic mass is 9.84. The van der Waals surface area contributed by atoms with E-state index < -0.39 is 0 Å². The van der Waals surface area contributed by atoms with Gasteiger partial charge in [0.05, 0.1) is 10.6 Å². The predicted octanol–water partition coefficient (Wildman–Crippen LogP) is 6.11. The van der Waals surface area contributed by atoms with Crippen molar-refractivity contribution in [2.75, 3.05) is 6.54 Å². The van der Waals surface area contributed by atoms with E-state index in [9.17, 15) is 10.1 Å². The number of rotatable bonds is 4. The van der Waals surface area contributed by atoms with Crippen LogP contribution in [0.5, 0.6) is 0 Å². The maximum absolute atomic E-state index is 11.0. The van der Waals surface area contributed by atoms with Gasteiger partial charge in [-0.2, -0.15) is 0 Å². The van der Waals surface area contributed by atoms with Crippen molar-refractivity contribution < 1.29 is 4.92 Å². The first-order valence-corrected chi connectivity index (χ1v) is 10.4. The van der Waals surface area contributed by atoms with Crippen LogP contribution in [0.3, 0.4) is 0 Å². The molecule has 1 heterocycles. The van der Waals surface area contributed by atoms with Gasteiger partial charge in [0.15, 0.2) is 5.17 Å². The Morgan fingerprint density at radius 2 is 1.96 bits per heavy atom. The quantitative estimate of drug-likeness (QED) is 0.443. The normalized spacial score (nSPS) is 22.5. The molecule has 1 aromatic carbocycles. The molecule has 27 heavy (non-hydrogen) atoms. The average Bonchev–Trinajstić information content (AvgIpc) is 2.91. The molecular weight excluding hydrogens is 382 g/mol. The summed E-state index contributed by atoms with van der Waals surface area (Å²) in [4.78, 5) is 18.0. The van der Waals surface area contributed by atoms with Crippen molar-refractivity contribution in [2.24, 2.45) is 10.9 Å². The highest BCUT2D eigenvalue weighted by atomic mass is 35.5. The van der Waals surface area contributed by atoms with Crippen molar-refractivity contribution in [3.8, 4) is 0 Å². The van der Waals surface area contributed by atoms with Crippen LogP contribution in [0.25, 0.3) is 0 Å². The fourth-order valence-corrected chi connectivity index (χ4v) is 5.26. The van der Waals surface area contributed by atoms with E-state index in [0.717, 1.165) is 28.9 Å². The minimum Gasteiger partial charge on any atom is -0.347 e. The molecular formula is C20H30ClN3O2S. The first kappa shape index (κ1) is 22.0. The number of hydrogen-bond donors (Lipinski definition) is 0. The Morgan fingerprint density at radius 3 is 2.56 bits per heavy atom. The number of non-ortho nitro benzene ring substituents is 1. The molecule has 150 valence electrons. The molecule has 1 aliphatic heterocycles. The van der Waals surface area contributed by atoms with Gasteiger partial charge < -0.3 is 4.90 Å². The van der Waals surface area contributed by atoms with Gasteiger partial charge in [0.1, 0.15) is 0 Å². The highest BCUT2D eigenvalue weighted by Crippen LogP contribution is 2.41. The molecule has 1 aliphatic carbocycles. The lowest BCUT2D eigenvalue weighted by Gasteiger charge is -2.35. The highest BCUT2D eigenvalue weighted by Gasteiger charge is 2.39. The molecule has 2 aliphatic rings. The minimum atomic E-state index is -0.352. The standard InChI is InChI=1S/C20H29N3O2S.ClH/c1-14-12-17(23(24)25)10-11-18(14)21-19-22(13-20(3,4)26-19)15(2)16-8-6-5-7-9-16;/h10-12,15-16H,5-9,13H2,1-4H3;1H. The summed E-state index contributed by atoms with van der Waals surface area (Å²) in [7, 11) is 0. The van der Waals surface area contributed by atoms with Gasteiger partial charge in [-0.15, -0.1) is 12.4 Å². The maximum Gasteiger partial charge on any atom is 0.269 e. The summed E-state index contributed by atoms with van der Waals surface area (Å²) in [5.41, 5.74) is 1.80. The molecule has 0 spiro atoms. The monoisotopic (exact) mass is 411 g/mol. The molecule has 0 amide bonds. The molecule has 1 aromatic rings. The number of aryl methyl sites for hydroxylation is 1. The second-order valence-electron chi connectivity index (χ2n) is 8.25. The number of aliphatic imine (C=N–C) groups is 1. The Morgan fingerprint density at radius 1 is 1.30 bits per heavy atom. The van der Waals surface area contributed by atoms with E-state index >= 15 is 0 Å². The van der Waals surface area contributed by atoms with Crippen LogP contribution in [0.4, 0.5) is 11.4 Å². The van der Waals surface area contributed by atoms with E-state index in [1.54, 1.807) is 18.2 Å². The first-order valence-electron chi connectivity index (χ1n) is 9.56. The second-order valence-corrected chi connectivity index (χ2v) is 9.93. The summed E-state index contributed by atoms with van der Waals surface area (Å²) in [6.07, 6.45) is 6.67. The summed E-state index contributed by atoms with van der Waals surface area (Å²) >= 11 is 1.82. The molecule has 0 N–H and O–H groups in total. The summed E-state index contributed by atoms with van der Waals surface area (Å²) in [6, 6.07) is 5.42. The van der Waals surface area contributed by atoms with E-state index in [2.05, 4.69) is 25.7 Å². The number of halogens is 1. The largest absolute Gasteiger partial charge is 0.347 e. The fourth-order valence-electron chi connectivity index (χ4n) is 4.07. The van der Waals surface area contributed by atoms with Crippen LogP contribution in [0.1, 0.15) is 58.4 Å². The SMILES string of the molecule is Cc1cc([N+](=O)[O-])ccc1N=C1SC(C)(C)CN1C(C)C1CCCCC1.Cl. The number of amidine groups is 1. The van der Waals surface area contributed by atoms with Crippen molar-refractivity contribution in [1.29, 1.82) is 0 Å². The summed E-state index contributed by atoms with van der Waals surface area (Å²) in [6.45, 7) is 9.77. The number of nitro benzene ring substituents is 1. The van der Waals surface area contributed by atoms with Crippen molar-refractivity contribution in [2.45, 2.75) is 70.6 Å². The number of thioether (sulfide) groups is 1. The molecule has 0 aromatic heterocycles. The average molecular weight is 412 g/mol. The number of benzene rings is 1. The molecule has 3 rings (SSSR count). The first-order chi connectivity index (χ1) is 12.3. The highest BCUT2D eigenvalue weighted by molar-refractivity contribution is 8.15. The molecule has 1 atom stereocenters. The van der Waals surface area contributed by atoms with Crippen molar-refractivity contribution in [3.05, 3.63) is 33.9 Å². The van der Waals surface area contributed by atoms with Gasteiger partial charge in [0, 0.05) is 29.5 Å². The third kappa shape index (κ3) is 5.17. The van der Waals surface area contributed by atoms with Gasteiger partial charge in [0.2, 0.25) is 0 Å². The van der Waals surface area contributed by atoms with Crippen LogP contribution < -0.4 is 0 Å². The van der Waals surface area contributed by atoms with E-state index in [0.29, 0.717) is 6.04 Å². The van der Waals surface area contributed by atoms with Crippen LogP contribution in [0, 0.1) is 23.0 Å². The second kappa shape index (κ2) is 8.82. The van der Waals surface area contributed by atoms with Gasteiger partial charge in [-0.05, 0) is 58.1 Å². The molecule has 0 bridgehead atoms. The molecule has 1 saturated heterocycles. The zero-order valence-electron chi connectivity index (χ0n) is 16.6. The Hall–Kier alpha value is -1.27. The summed E-state index contributed by atoms with van der Waals surface area (Å²) in [5, 5.41) is 12.0. The molecule has 1 saturated carbocycles. The number of nitrogens with zero attached hydrogens (tertiary/aromatic N) is 3. The third-order valence-corrected chi connectivity index (χ3v) is 6.79. The molecule has 1 unspecified atom stereocenters. The fraction of sp³-hybridized carbons (Fsp3) is 0.650. The van der Waals surface area contributed by atoms with Gasteiger partial charge in [-0.1, -0.05) is 31.0 Å². The minimum absolute atomic E-state index is 0. The van der Waals surface area contributed by atoms with Crippen LogP contribution in [-0.2, 0) is 0 Å². The summed E-state index contributed by atoms with van der Waals surface area (Å²) < 4.78 is 0.135. The lowest BCUT2D eigenvalue weighted by Crippen LogP contribution is -2.41. The predicted molar refractivity (Wildman–Crippen MR) is 117 cm³/mol. The molecule has 5 nitrogen and oxygen atoms in total. The van der Waals surface area contributed by atoms with Crippen molar-refractivity contribution in [1.82, 2.24) is 4.90 Å². The maximum atomic E-state index is 11.0. The number of nitro groups is 1. The molecule has 2 fully saturated rings. The van der Waals surface area contributed by atoms with Gasteiger partial charge in [0.25, 0.3) is 5.69 Å². The van der Waals surface area contributed by atoms with E-state index in [-0.39, 0.29) is 27.8 Å². The third-order valence-electron chi connectivity index (χ3n) is 5.60. The molecule has 7 heteroatoms. The van der Waals surface area contributed by atoms with Gasteiger partial charge in [-0.25, -0.2) is 4.99 Å². The Balaban J connectivity index is 0.00000261. The Bertz CT molecular complexity index is 717. The zero-order valence-corrected chi connectivity index (χ0v) is 18.2. The summed E-state index contributed by atoms with van der Waals surface area (Å²) in [5.74, 6) is 0.737. The van der Waals surface area contributed by atoms with Crippen LogP contribution in [-0.4, -0.2) is 32.3 Å². The topological polar surface area (TPSA) is 58.7 Å². The zero-order chi connectivity index (χ0) is 18.9. The van der Waals surface area contributed by atoms with Gasteiger partial charge >= 0.3 is 0 Å². The Kier molecular flexibility index (Phi) is 7.20.